The second-order valence-electron chi connectivity index (χ2n) is 7.25. The molecule has 2 fully saturated rings. The standard InChI is InChI=1S/C17H32N2O11/c1-7(22)19-10-15(12(24)9(6-21)28-16(10)27-4-2-3-18)30-17-14(26)13(25)11(23)8(5-20)29-17/h8-17,20-21,23-26H,2-6,18H2,1H3,(H,19,22). The summed E-state index contributed by atoms with van der Waals surface area (Å²) >= 11 is 0. The van der Waals surface area contributed by atoms with Crippen LogP contribution in [0.5, 0.6) is 0 Å². The molecule has 0 aromatic heterocycles. The molecule has 176 valence electrons. The fourth-order valence-corrected chi connectivity index (χ4v) is 3.38. The van der Waals surface area contributed by atoms with Crippen molar-refractivity contribution in [1.29, 1.82) is 0 Å². The van der Waals surface area contributed by atoms with Crippen LogP contribution in [0.1, 0.15) is 13.3 Å². The second kappa shape index (κ2) is 11.6. The maximum Gasteiger partial charge on any atom is 0.217 e. The number of amides is 1. The van der Waals surface area contributed by atoms with Crippen LogP contribution in [0.25, 0.3) is 0 Å². The molecule has 1 amide bonds. The average Bonchev–Trinajstić information content (AvgIpc) is 2.71. The van der Waals surface area contributed by atoms with Crippen LogP contribution in [0.2, 0.25) is 0 Å². The SMILES string of the molecule is CC(=O)NC1C(OCCCN)OC(CO)C(O)C1OC1OC(CO)C(O)C(O)C1O. The van der Waals surface area contributed by atoms with Crippen LogP contribution in [-0.4, -0.2) is 124 Å². The highest BCUT2D eigenvalue weighted by Gasteiger charge is 2.51. The monoisotopic (exact) mass is 440 g/mol. The molecule has 10 unspecified atom stereocenters. The van der Waals surface area contributed by atoms with Gasteiger partial charge in [-0.1, -0.05) is 0 Å². The van der Waals surface area contributed by atoms with Gasteiger partial charge in [-0.15, -0.1) is 0 Å². The van der Waals surface area contributed by atoms with Crippen molar-refractivity contribution in [3.63, 3.8) is 0 Å². The molecule has 2 heterocycles. The normalized spacial score (nSPS) is 42.1. The fraction of sp³-hybridized carbons (Fsp3) is 0.941. The molecule has 0 radical (unpaired) electrons. The van der Waals surface area contributed by atoms with Gasteiger partial charge in [-0.25, -0.2) is 0 Å². The molecule has 0 aromatic carbocycles. The van der Waals surface area contributed by atoms with Crippen LogP contribution in [-0.2, 0) is 23.7 Å². The molecule has 2 rings (SSSR count). The molecular formula is C17H32N2O11. The zero-order valence-corrected chi connectivity index (χ0v) is 16.6. The van der Waals surface area contributed by atoms with E-state index in [4.69, 9.17) is 24.7 Å². The first-order valence-electron chi connectivity index (χ1n) is 9.74. The van der Waals surface area contributed by atoms with E-state index in [0.717, 1.165) is 0 Å². The van der Waals surface area contributed by atoms with Gasteiger partial charge in [-0.05, 0) is 13.0 Å². The molecular weight excluding hydrogens is 408 g/mol. The molecule has 13 heteroatoms. The van der Waals surface area contributed by atoms with Crippen molar-refractivity contribution in [2.75, 3.05) is 26.4 Å². The van der Waals surface area contributed by atoms with Crippen molar-refractivity contribution < 1.29 is 54.4 Å². The number of rotatable bonds is 9. The van der Waals surface area contributed by atoms with Crippen molar-refractivity contribution in [2.45, 2.75) is 74.7 Å². The van der Waals surface area contributed by atoms with Crippen molar-refractivity contribution >= 4 is 5.91 Å². The van der Waals surface area contributed by atoms with E-state index in [2.05, 4.69) is 5.32 Å². The molecule has 30 heavy (non-hydrogen) atoms. The fourth-order valence-electron chi connectivity index (χ4n) is 3.38. The lowest BCUT2D eigenvalue weighted by molar-refractivity contribution is -0.344. The van der Waals surface area contributed by atoms with Gasteiger partial charge < -0.3 is 60.6 Å². The van der Waals surface area contributed by atoms with E-state index in [1.54, 1.807) is 0 Å². The number of hydrogen-bond donors (Lipinski definition) is 8. The Morgan fingerprint density at radius 3 is 2.13 bits per heavy atom. The smallest absolute Gasteiger partial charge is 0.217 e. The molecule has 10 atom stereocenters. The zero-order chi connectivity index (χ0) is 22.4. The van der Waals surface area contributed by atoms with Gasteiger partial charge in [-0.2, -0.15) is 0 Å². The average molecular weight is 440 g/mol. The van der Waals surface area contributed by atoms with E-state index in [1.807, 2.05) is 0 Å². The highest BCUT2D eigenvalue weighted by molar-refractivity contribution is 5.73. The van der Waals surface area contributed by atoms with E-state index in [9.17, 15) is 35.4 Å². The maximum atomic E-state index is 11.7. The predicted molar refractivity (Wildman–Crippen MR) is 97.6 cm³/mol. The van der Waals surface area contributed by atoms with Crippen LogP contribution < -0.4 is 11.1 Å². The predicted octanol–water partition coefficient (Wildman–Crippen LogP) is -4.88. The Labute approximate surface area is 173 Å². The number of aliphatic hydroxyl groups excluding tert-OH is 6. The number of carbonyl (C=O) groups is 1. The highest BCUT2D eigenvalue weighted by Crippen LogP contribution is 2.29. The van der Waals surface area contributed by atoms with E-state index in [1.165, 1.54) is 6.92 Å². The number of carbonyl (C=O) groups excluding carboxylic acids is 1. The van der Waals surface area contributed by atoms with E-state index < -0.39 is 80.5 Å². The number of aliphatic hydroxyl groups is 6. The van der Waals surface area contributed by atoms with Gasteiger partial charge >= 0.3 is 0 Å². The second-order valence-corrected chi connectivity index (χ2v) is 7.25. The van der Waals surface area contributed by atoms with Crippen LogP contribution in [0.15, 0.2) is 0 Å². The zero-order valence-electron chi connectivity index (χ0n) is 16.6. The summed E-state index contributed by atoms with van der Waals surface area (Å²) in [4.78, 5) is 11.7. The Morgan fingerprint density at radius 2 is 1.57 bits per heavy atom. The lowest BCUT2D eigenvalue weighted by Crippen LogP contribution is -2.68. The van der Waals surface area contributed by atoms with E-state index >= 15 is 0 Å². The molecule has 9 N–H and O–H groups in total. The Morgan fingerprint density at radius 1 is 0.967 bits per heavy atom. The summed E-state index contributed by atoms with van der Waals surface area (Å²) in [5.74, 6) is -0.493. The summed E-state index contributed by atoms with van der Waals surface area (Å²) in [5, 5.41) is 62.2. The van der Waals surface area contributed by atoms with Crippen molar-refractivity contribution in [1.82, 2.24) is 5.32 Å². The van der Waals surface area contributed by atoms with Crippen LogP contribution in [0.4, 0.5) is 0 Å². The first-order chi connectivity index (χ1) is 14.2. The van der Waals surface area contributed by atoms with Gasteiger partial charge in [0.25, 0.3) is 0 Å². The molecule has 0 aromatic rings. The van der Waals surface area contributed by atoms with E-state index in [-0.39, 0.29) is 6.61 Å². The Balaban J connectivity index is 2.25. The van der Waals surface area contributed by atoms with Crippen LogP contribution >= 0.6 is 0 Å². The van der Waals surface area contributed by atoms with Gasteiger partial charge in [0.2, 0.25) is 5.91 Å². The summed E-state index contributed by atoms with van der Waals surface area (Å²) in [6, 6.07) is -1.08. The number of hydrogen-bond acceptors (Lipinski definition) is 12. The van der Waals surface area contributed by atoms with Crippen molar-refractivity contribution in [3.05, 3.63) is 0 Å². The summed E-state index contributed by atoms with van der Waals surface area (Å²) in [5.41, 5.74) is 5.45. The van der Waals surface area contributed by atoms with Gasteiger partial charge in [0.15, 0.2) is 12.6 Å². The summed E-state index contributed by atoms with van der Waals surface area (Å²) in [7, 11) is 0. The first kappa shape index (κ1) is 25.3. The lowest BCUT2D eigenvalue weighted by atomic mass is 9.95. The van der Waals surface area contributed by atoms with Gasteiger partial charge in [-0.3, -0.25) is 4.79 Å². The Kier molecular flexibility index (Phi) is 9.77. The number of ether oxygens (including phenoxy) is 4. The van der Waals surface area contributed by atoms with E-state index in [0.29, 0.717) is 13.0 Å². The third kappa shape index (κ3) is 5.83. The molecule has 0 bridgehead atoms. The minimum atomic E-state index is -1.72. The molecule has 13 nitrogen and oxygen atoms in total. The first-order valence-corrected chi connectivity index (χ1v) is 9.74. The largest absolute Gasteiger partial charge is 0.394 e. The third-order valence-electron chi connectivity index (χ3n) is 4.99. The van der Waals surface area contributed by atoms with Gasteiger partial charge in [0.1, 0.15) is 48.8 Å². The molecule has 0 aliphatic carbocycles. The van der Waals surface area contributed by atoms with Crippen LogP contribution in [0.3, 0.4) is 0 Å². The van der Waals surface area contributed by atoms with Crippen molar-refractivity contribution in [3.8, 4) is 0 Å². The third-order valence-corrected chi connectivity index (χ3v) is 4.99. The minimum Gasteiger partial charge on any atom is -0.394 e. The van der Waals surface area contributed by atoms with Crippen LogP contribution in [0, 0.1) is 0 Å². The Hall–Kier alpha value is -0.970. The number of nitrogens with one attached hydrogen (secondary N) is 1. The summed E-state index contributed by atoms with van der Waals surface area (Å²) in [6.07, 6.45) is -12.4. The maximum absolute atomic E-state index is 11.7. The number of nitrogens with two attached hydrogens (primary N) is 1. The Bertz CT molecular complexity index is 540. The minimum absolute atomic E-state index is 0.165. The molecule has 2 aliphatic rings. The van der Waals surface area contributed by atoms with Gasteiger partial charge in [0.05, 0.1) is 19.8 Å². The summed E-state index contributed by atoms with van der Waals surface area (Å²) < 4.78 is 22.1. The molecule has 2 aliphatic heterocycles. The summed E-state index contributed by atoms with van der Waals surface area (Å²) in [6.45, 7) is 0.471. The highest BCUT2D eigenvalue weighted by atomic mass is 16.7. The quantitative estimate of drug-likeness (QED) is 0.158. The van der Waals surface area contributed by atoms with Crippen molar-refractivity contribution in [2.24, 2.45) is 5.73 Å². The lowest BCUT2D eigenvalue weighted by Gasteiger charge is -2.47. The molecule has 0 spiro atoms. The molecule has 2 saturated heterocycles. The van der Waals surface area contributed by atoms with Gasteiger partial charge in [0, 0.05) is 6.92 Å². The topological polar surface area (TPSA) is 213 Å². The molecule has 0 saturated carbocycles.